The van der Waals surface area contributed by atoms with E-state index in [2.05, 4.69) is 10.3 Å². The van der Waals surface area contributed by atoms with Crippen LogP contribution in [-0.4, -0.2) is 56.6 Å². The molecule has 0 bridgehead atoms. The van der Waals surface area contributed by atoms with E-state index < -0.39 is 15.9 Å². The number of anilines is 1. The molecule has 26 heavy (non-hydrogen) atoms. The number of pyridine rings is 1. The van der Waals surface area contributed by atoms with Crippen LogP contribution in [-0.2, 0) is 14.6 Å². The molecule has 1 saturated carbocycles. The summed E-state index contributed by atoms with van der Waals surface area (Å²) in [6, 6.07) is 3.51. The molecule has 140 valence electrons. The van der Waals surface area contributed by atoms with Crippen LogP contribution in [0.25, 0.3) is 0 Å². The van der Waals surface area contributed by atoms with E-state index in [1.54, 1.807) is 23.4 Å². The maximum atomic E-state index is 12.8. The van der Waals surface area contributed by atoms with E-state index in [0.717, 1.165) is 25.7 Å². The van der Waals surface area contributed by atoms with Crippen molar-refractivity contribution in [1.82, 2.24) is 14.6 Å². The zero-order valence-electron chi connectivity index (χ0n) is 14.8. The number of aromatic nitrogens is 1. The van der Waals surface area contributed by atoms with Gasteiger partial charge in [0.2, 0.25) is 0 Å². The molecule has 0 aromatic carbocycles. The van der Waals surface area contributed by atoms with E-state index in [0.29, 0.717) is 24.5 Å². The van der Waals surface area contributed by atoms with Crippen LogP contribution in [0.15, 0.2) is 29.5 Å². The Morgan fingerprint density at radius 1 is 1.42 bits per heavy atom. The molecule has 3 heterocycles. The van der Waals surface area contributed by atoms with Crippen molar-refractivity contribution in [3.8, 4) is 0 Å². The number of sulfonamides is 1. The summed E-state index contributed by atoms with van der Waals surface area (Å²) < 4.78 is 25.6. The number of nitrogens with zero attached hydrogens (tertiary/aromatic N) is 4. The highest BCUT2D eigenvalue weighted by Gasteiger charge is 2.58. The lowest BCUT2D eigenvalue weighted by Crippen LogP contribution is -2.53. The van der Waals surface area contributed by atoms with Crippen molar-refractivity contribution in [2.75, 3.05) is 24.2 Å². The maximum Gasteiger partial charge on any atom is 0.328 e. The lowest BCUT2D eigenvalue weighted by molar-refractivity contribution is 0.251. The van der Waals surface area contributed by atoms with Crippen molar-refractivity contribution in [2.45, 2.75) is 43.7 Å². The molecule has 1 spiro atoms. The predicted molar refractivity (Wildman–Crippen MR) is 98.6 cm³/mol. The highest BCUT2D eigenvalue weighted by molar-refractivity contribution is 7.94. The molecule has 1 N–H and O–H groups in total. The van der Waals surface area contributed by atoms with E-state index >= 15 is 0 Å². The fourth-order valence-electron chi connectivity index (χ4n) is 4.21. The summed E-state index contributed by atoms with van der Waals surface area (Å²) in [4.78, 5) is 23.4. The summed E-state index contributed by atoms with van der Waals surface area (Å²) in [5.74, 6) is 0.601. The minimum absolute atomic E-state index is 0.198. The van der Waals surface area contributed by atoms with Crippen molar-refractivity contribution in [3.63, 3.8) is 0 Å². The fraction of sp³-hybridized carbons (Fsp3) is 0.588. The van der Waals surface area contributed by atoms with E-state index in [4.69, 9.17) is 4.99 Å². The standard InChI is InChI=1S/C17H23N5O3S/c1-26(24,25)21-10-8-17(12-21)15(19-13-5-2-3-6-13)20-16(23)22(17)14-7-4-9-18-11-14/h4,7,9,11,13H,2-3,5-6,8,10,12H2,1H3,(H-,19,20,23,24,25). The monoisotopic (exact) mass is 377 g/mol. The zero-order valence-corrected chi connectivity index (χ0v) is 15.6. The van der Waals surface area contributed by atoms with Crippen molar-refractivity contribution >= 4 is 28.0 Å². The smallest absolute Gasteiger partial charge is 0.328 e. The van der Waals surface area contributed by atoms with Crippen LogP contribution in [0.5, 0.6) is 0 Å². The topological polar surface area (TPSA) is 101 Å². The summed E-state index contributed by atoms with van der Waals surface area (Å²) >= 11 is 0. The second-order valence-corrected chi connectivity index (χ2v) is 9.25. The Labute approximate surface area is 154 Å². The van der Waals surface area contributed by atoms with Crippen molar-refractivity contribution in [2.24, 2.45) is 4.99 Å². The van der Waals surface area contributed by atoms with Crippen molar-refractivity contribution in [3.05, 3.63) is 24.5 Å². The summed E-state index contributed by atoms with van der Waals surface area (Å²) in [6.07, 6.45) is 9.31. The quantitative estimate of drug-likeness (QED) is 0.808. The summed E-state index contributed by atoms with van der Waals surface area (Å²) in [6.45, 7) is 0.583. The first kappa shape index (κ1) is 17.6. The first-order valence-corrected chi connectivity index (χ1v) is 10.8. The van der Waals surface area contributed by atoms with Gasteiger partial charge in [0.25, 0.3) is 0 Å². The Bertz CT molecular complexity index is 774. The summed E-state index contributed by atoms with van der Waals surface area (Å²) in [7, 11) is -3.34. The van der Waals surface area contributed by atoms with E-state index in [9.17, 15) is 13.6 Å². The number of urea groups is 1. The molecule has 3 aliphatic rings. The molecule has 3 fully saturated rings. The Morgan fingerprint density at radius 3 is 2.81 bits per heavy atom. The minimum atomic E-state index is -3.34. The number of rotatable bonds is 3. The number of carbonyl (C=O) groups excluding carboxylic acids is 1. The van der Waals surface area contributed by atoms with Gasteiger partial charge in [-0.1, -0.05) is 17.1 Å². The fourth-order valence-corrected chi connectivity index (χ4v) is 5.08. The molecule has 0 radical (unpaired) electrons. The largest absolute Gasteiger partial charge is 0.598 e. The Hall–Kier alpha value is -1.84. The number of carbonyl (C=O) groups is 1. The number of hydrogen-bond acceptors (Lipinski definition) is 5. The zero-order chi connectivity index (χ0) is 18.4. The van der Waals surface area contributed by atoms with E-state index in [1.165, 1.54) is 10.6 Å². The van der Waals surface area contributed by atoms with Gasteiger partial charge >= 0.3 is 6.03 Å². The van der Waals surface area contributed by atoms with Gasteiger partial charge < -0.3 is 4.55 Å². The van der Waals surface area contributed by atoms with Crippen LogP contribution in [0, 0.1) is 0 Å². The van der Waals surface area contributed by atoms with Crippen LogP contribution in [0.3, 0.4) is 0 Å². The second kappa shape index (κ2) is 6.40. The number of hydrogen-bond donors (Lipinski definition) is 1. The van der Waals surface area contributed by atoms with Gasteiger partial charge in [-0.15, -0.1) is 4.31 Å². The van der Waals surface area contributed by atoms with Gasteiger partial charge in [0, 0.05) is 12.7 Å². The Balaban J connectivity index is 1.76. The second-order valence-electron chi connectivity index (χ2n) is 7.27. The van der Waals surface area contributed by atoms with Crippen LogP contribution in [0.2, 0.25) is 0 Å². The lowest BCUT2D eigenvalue weighted by Gasteiger charge is -2.33. The normalized spacial score (nSPS) is 31.1. The number of amidine groups is 1. The SMILES string of the molecule is C[S+](=O)([O-])N1CCC2(C1)C(=NC1CCCC1)NC(=O)N2c1cccnc1. The average Bonchev–Trinajstić information content (AvgIpc) is 3.30. The molecule has 8 nitrogen and oxygen atoms in total. The highest BCUT2D eigenvalue weighted by Crippen LogP contribution is 2.39. The van der Waals surface area contributed by atoms with Crippen LogP contribution < -0.4 is 10.2 Å². The number of nitrogens with one attached hydrogen (secondary N) is 1. The third-order valence-corrected chi connectivity index (χ3v) is 6.77. The Morgan fingerprint density at radius 2 is 2.19 bits per heavy atom. The first-order valence-electron chi connectivity index (χ1n) is 8.95. The summed E-state index contributed by atoms with van der Waals surface area (Å²) in [5.41, 5.74) is -0.136. The van der Waals surface area contributed by atoms with Gasteiger partial charge in [0.05, 0.1) is 24.5 Å². The molecule has 2 aliphatic heterocycles. The maximum absolute atomic E-state index is 12.8. The predicted octanol–water partition coefficient (Wildman–Crippen LogP) is 1.57. The molecular weight excluding hydrogens is 354 g/mol. The number of amides is 2. The minimum Gasteiger partial charge on any atom is -0.598 e. The molecular formula is C17H23N5O3S. The van der Waals surface area contributed by atoms with E-state index in [-0.39, 0.29) is 18.6 Å². The van der Waals surface area contributed by atoms with E-state index in [1.807, 2.05) is 6.07 Å². The van der Waals surface area contributed by atoms with Crippen LogP contribution in [0.1, 0.15) is 32.1 Å². The van der Waals surface area contributed by atoms with Crippen molar-refractivity contribution < 1.29 is 13.6 Å². The molecule has 2 amide bonds. The molecule has 2 unspecified atom stereocenters. The molecule has 1 aromatic heterocycles. The molecule has 4 rings (SSSR count). The summed E-state index contributed by atoms with van der Waals surface area (Å²) in [5, 5.41) is 2.92. The number of aliphatic imine (C=N–C) groups is 1. The van der Waals surface area contributed by atoms with Crippen LogP contribution in [0.4, 0.5) is 10.5 Å². The molecule has 1 aromatic rings. The van der Waals surface area contributed by atoms with Gasteiger partial charge in [0.1, 0.15) is 28.0 Å². The Kier molecular flexibility index (Phi) is 4.32. The van der Waals surface area contributed by atoms with Gasteiger partial charge in [-0.3, -0.25) is 20.2 Å². The van der Waals surface area contributed by atoms with Gasteiger partial charge in [-0.05, 0) is 31.4 Å². The first-order chi connectivity index (χ1) is 12.4. The average molecular weight is 377 g/mol. The third kappa shape index (κ3) is 2.93. The molecule has 1 aliphatic carbocycles. The van der Waals surface area contributed by atoms with Crippen LogP contribution >= 0.6 is 0 Å². The van der Waals surface area contributed by atoms with Gasteiger partial charge in [-0.25, -0.2) is 4.79 Å². The molecule has 2 saturated heterocycles. The van der Waals surface area contributed by atoms with Gasteiger partial charge in [0.15, 0.2) is 0 Å². The molecule has 2 atom stereocenters. The van der Waals surface area contributed by atoms with Gasteiger partial charge in [-0.2, -0.15) is 0 Å². The highest BCUT2D eigenvalue weighted by atomic mass is 32.3. The third-order valence-electron chi connectivity index (χ3n) is 5.52. The van der Waals surface area contributed by atoms with Crippen molar-refractivity contribution in [1.29, 1.82) is 0 Å². The lowest BCUT2D eigenvalue weighted by atomic mass is 9.95. The molecule has 9 heteroatoms.